The lowest BCUT2D eigenvalue weighted by Gasteiger charge is -2.58. The van der Waals surface area contributed by atoms with E-state index in [4.69, 9.17) is 4.74 Å². The Kier molecular flexibility index (Phi) is 2.41. The summed E-state index contributed by atoms with van der Waals surface area (Å²) in [7, 11) is 2.20. The minimum Gasteiger partial charge on any atom is -0.386 e. The molecule has 4 nitrogen and oxygen atoms in total. The van der Waals surface area contributed by atoms with Crippen LogP contribution in [0.1, 0.15) is 19.8 Å². The fourth-order valence-electron chi connectivity index (χ4n) is 5.96. The molecule has 118 valence electrons. The van der Waals surface area contributed by atoms with E-state index < -0.39 is 17.8 Å². The lowest BCUT2D eigenvalue weighted by Crippen LogP contribution is -2.62. The molecule has 0 saturated carbocycles. The molecule has 4 heteroatoms. The van der Waals surface area contributed by atoms with E-state index in [2.05, 4.69) is 24.1 Å². The van der Waals surface area contributed by atoms with Gasteiger partial charge in [-0.2, -0.15) is 0 Å². The van der Waals surface area contributed by atoms with Crippen molar-refractivity contribution < 1.29 is 14.9 Å². The Morgan fingerprint density at radius 1 is 1.27 bits per heavy atom. The van der Waals surface area contributed by atoms with Gasteiger partial charge in [0.15, 0.2) is 0 Å². The van der Waals surface area contributed by atoms with Crippen LogP contribution in [0.4, 0.5) is 0 Å². The van der Waals surface area contributed by atoms with Crippen molar-refractivity contribution in [2.75, 3.05) is 13.6 Å². The molecule has 2 fully saturated rings. The lowest BCUT2D eigenvalue weighted by molar-refractivity contribution is -0.135. The highest BCUT2D eigenvalue weighted by atomic mass is 16.5. The van der Waals surface area contributed by atoms with E-state index in [0.717, 1.165) is 19.4 Å². The van der Waals surface area contributed by atoms with Gasteiger partial charge < -0.3 is 19.8 Å². The van der Waals surface area contributed by atoms with Gasteiger partial charge >= 0.3 is 0 Å². The molecule has 5 aliphatic rings. The van der Waals surface area contributed by atoms with Crippen LogP contribution in [0.2, 0.25) is 0 Å². The smallest absolute Gasteiger partial charge is 0.117 e. The average Bonchev–Trinajstić information content (AvgIpc) is 2.78. The summed E-state index contributed by atoms with van der Waals surface area (Å²) in [6.07, 6.45) is 8.64. The summed E-state index contributed by atoms with van der Waals surface area (Å²) >= 11 is 0. The highest BCUT2D eigenvalue weighted by molar-refractivity contribution is 5.52. The van der Waals surface area contributed by atoms with E-state index in [1.165, 1.54) is 11.1 Å². The van der Waals surface area contributed by atoms with Gasteiger partial charge in [0.1, 0.15) is 11.7 Å². The van der Waals surface area contributed by atoms with Gasteiger partial charge in [-0.25, -0.2) is 0 Å². The lowest BCUT2D eigenvalue weighted by atomic mass is 9.50. The topological polar surface area (TPSA) is 52.9 Å². The highest BCUT2D eigenvalue weighted by Crippen LogP contribution is 2.66. The van der Waals surface area contributed by atoms with Crippen molar-refractivity contribution >= 4 is 0 Å². The molecule has 0 radical (unpaired) electrons. The van der Waals surface area contributed by atoms with Crippen molar-refractivity contribution in [1.29, 1.82) is 0 Å². The molecule has 7 atom stereocenters. The molecule has 2 bridgehead atoms. The molecule has 2 saturated heterocycles. The second kappa shape index (κ2) is 3.93. The largest absolute Gasteiger partial charge is 0.386 e. The van der Waals surface area contributed by atoms with E-state index in [9.17, 15) is 10.2 Å². The Balaban J connectivity index is 1.81. The molecular formula is C18H23NO3. The van der Waals surface area contributed by atoms with Gasteiger partial charge in [-0.05, 0) is 44.5 Å². The first-order valence-electron chi connectivity index (χ1n) is 8.33. The summed E-state index contributed by atoms with van der Waals surface area (Å²) < 4.78 is 6.39. The van der Waals surface area contributed by atoms with Crippen LogP contribution >= 0.6 is 0 Å². The van der Waals surface area contributed by atoms with Crippen LogP contribution in [0.3, 0.4) is 0 Å². The SMILES string of the molecule is CN1CC[C@]23C4=C5C=CC(O)C4(C)O[C@H]2[C@@H](O)C=C[C@H]3[C@H]1C5. The number of rotatable bonds is 0. The molecule has 2 unspecified atom stereocenters. The molecule has 0 aromatic carbocycles. The third-order valence-corrected chi connectivity index (χ3v) is 6.92. The summed E-state index contributed by atoms with van der Waals surface area (Å²) in [5.74, 6) is 0.374. The fourth-order valence-corrected chi connectivity index (χ4v) is 5.96. The summed E-state index contributed by atoms with van der Waals surface area (Å²) in [4.78, 5) is 2.45. The first-order valence-corrected chi connectivity index (χ1v) is 8.33. The number of allylic oxidation sites excluding steroid dienone is 1. The van der Waals surface area contributed by atoms with E-state index in [-0.39, 0.29) is 11.5 Å². The number of hydrogen-bond donors (Lipinski definition) is 2. The minimum absolute atomic E-state index is 0.139. The van der Waals surface area contributed by atoms with Crippen molar-refractivity contribution in [3.8, 4) is 0 Å². The van der Waals surface area contributed by atoms with Gasteiger partial charge in [0.25, 0.3) is 0 Å². The molecule has 3 aliphatic carbocycles. The predicted octanol–water partition coefficient (Wildman–Crippen LogP) is 1.01. The Bertz CT molecular complexity index is 638. The molecule has 1 spiro atoms. The monoisotopic (exact) mass is 301 g/mol. The average molecular weight is 301 g/mol. The van der Waals surface area contributed by atoms with Crippen LogP contribution in [0.5, 0.6) is 0 Å². The van der Waals surface area contributed by atoms with Crippen molar-refractivity contribution in [1.82, 2.24) is 4.90 Å². The van der Waals surface area contributed by atoms with Gasteiger partial charge in [-0.15, -0.1) is 0 Å². The van der Waals surface area contributed by atoms with E-state index in [1.54, 1.807) is 0 Å². The first-order chi connectivity index (χ1) is 10.5. The molecule has 2 N–H and O–H groups in total. The highest BCUT2D eigenvalue weighted by Gasteiger charge is 2.69. The number of hydrogen-bond acceptors (Lipinski definition) is 4. The van der Waals surface area contributed by atoms with Crippen LogP contribution in [0.25, 0.3) is 0 Å². The molecule has 0 aromatic rings. The maximum absolute atomic E-state index is 10.6. The third-order valence-electron chi connectivity index (χ3n) is 6.92. The van der Waals surface area contributed by atoms with Crippen molar-refractivity contribution in [3.63, 3.8) is 0 Å². The second-order valence-corrected chi connectivity index (χ2v) is 7.79. The van der Waals surface area contributed by atoms with Crippen molar-refractivity contribution in [3.05, 3.63) is 35.5 Å². The van der Waals surface area contributed by atoms with E-state index >= 15 is 0 Å². The Morgan fingerprint density at radius 3 is 2.91 bits per heavy atom. The van der Waals surface area contributed by atoms with E-state index in [1.807, 2.05) is 19.1 Å². The number of ether oxygens (including phenoxy) is 1. The van der Waals surface area contributed by atoms with Crippen LogP contribution < -0.4 is 0 Å². The summed E-state index contributed by atoms with van der Waals surface area (Å²) in [6.45, 7) is 3.03. The zero-order valence-electron chi connectivity index (χ0n) is 13.1. The quantitative estimate of drug-likeness (QED) is 0.656. The Labute approximate surface area is 130 Å². The molecule has 2 heterocycles. The number of aliphatic hydroxyl groups excluding tert-OH is 2. The molecule has 5 rings (SSSR count). The van der Waals surface area contributed by atoms with Gasteiger partial charge in [0.2, 0.25) is 0 Å². The van der Waals surface area contributed by atoms with Gasteiger partial charge in [0.05, 0.1) is 12.2 Å². The second-order valence-electron chi connectivity index (χ2n) is 7.79. The van der Waals surface area contributed by atoms with Crippen LogP contribution in [0.15, 0.2) is 35.5 Å². The molecule has 0 amide bonds. The van der Waals surface area contributed by atoms with Gasteiger partial charge in [-0.3, -0.25) is 0 Å². The standard InChI is InChI=1S/C18H23NO3/c1-17-14(21)6-3-10-9-12-11-4-5-13(20)16(22-17)18(11,15(10)17)7-8-19(12)2/h3-6,11-14,16,20-21H,7-9H2,1-2H3/t11-,12+,13-,14?,16-,17?,18-/m0/s1. The number of likely N-dealkylation sites (tertiary alicyclic amines) is 1. The van der Waals surface area contributed by atoms with Crippen LogP contribution in [-0.4, -0.2) is 58.7 Å². The van der Waals surface area contributed by atoms with Crippen molar-refractivity contribution in [2.45, 2.75) is 49.7 Å². The molecule has 0 aromatic heterocycles. The zero-order valence-corrected chi connectivity index (χ0v) is 13.1. The molecule has 22 heavy (non-hydrogen) atoms. The van der Waals surface area contributed by atoms with Crippen LogP contribution in [-0.2, 0) is 4.74 Å². The van der Waals surface area contributed by atoms with Crippen molar-refractivity contribution in [2.24, 2.45) is 11.3 Å². The minimum atomic E-state index is -0.680. The first kappa shape index (κ1) is 13.5. The van der Waals surface area contributed by atoms with Gasteiger partial charge in [-0.1, -0.05) is 24.3 Å². The predicted molar refractivity (Wildman–Crippen MR) is 82.2 cm³/mol. The third kappa shape index (κ3) is 1.27. The maximum atomic E-state index is 10.6. The Hall–Kier alpha value is -0.940. The van der Waals surface area contributed by atoms with Gasteiger partial charge in [0, 0.05) is 17.4 Å². The normalized spacial score (nSPS) is 55.5. The zero-order chi connectivity index (χ0) is 15.3. The number of aliphatic hydroxyl groups is 2. The Morgan fingerprint density at radius 2 is 2.09 bits per heavy atom. The number of piperidine rings is 1. The molecule has 2 aliphatic heterocycles. The molecular weight excluding hydrogens is 278 g/mol. The summed E-state index contributed by atoms with van der Waals surface area (Å²) in [6, 6.07) is 0.463. The number of nitrogens with zero attached hydrogens (tertiary/aromatic N) is 1. The van der Waals surface area contributed by atoms with Crippen LogP contribution in [0, 0.1) is 11.3 Å². The maximum Gasteiger partial charge on any atom is 0.117 e. The summed E-state index contributed by atoms with van der Waals surface area (Å²) in [5, 5.41) is 21.2. The fraction of sp³-hybridized carbons (Fsp3) is 0.667. The summed E-state index contributed by atoms with van der Waals surface area (Å²) in [5.41, 5.74) is 1.78. The van der Waals surface area contributed by atoms with E-state index in [0.29, 0.717) is 12.0 Å².